The molecule has 2 heterocycles. The predicted octanol–water partition coefficient (Wildman–Crippen LogP) is 5.40. The number of benzene rings is 2. The molecule has 0 unspecified atom stereocenters. The van der Waals surface area contributed by atoms with Crippen LogP contribution in [0, 0.1) is 11.3 Å². The molecule has 0 aliphatic carbocycles. The first-order valence-corrected chi connectivity index (χ1v) is 9.71. The Morgan fingerprint density at radius 3 is 2.62 bits per heavy atom. The van der Waals surface area contributed by atoms with Crippen molar-refractivity contribution in [2.75, 3.05) is 13.2 Å². The smallest absolute Gasteiger partial charge is 0.192 e. The minimum atomic E-state index is 0.420. The summed E-state index contributed by atoms with van der Waals surface area (Å²) in [5, 5.41) is 12.2. The van der Waals surface area contributed by atoms with Gasteiger partial charge in [-0.1, -0.05) is 34.1 Å². The van der Waals surface area contributed by atoms with E-state index in [-0.39, 0.29) is 0 Å². The van der Waals surface area contributed by atoms with Gasteiger partial charge < -0.3 is 14.2 Å². The Hall–Kier alpha value is -2.49. The largest absolute Gasteiger partial charge is 0.486 e. The minimum Gasteiger partial charge on any atom is -0.486 e. The van der Waals surface area contributed by atoms with Crippen LogP contribution in [0.1, 0.15) is 11.1 Å². The Morgan fingerprint density at radius 1 is 1.08 bits per heavy atom. The van der Waals surface area contributed by atoms with Gasteiger partial charge in [0.2, 0.25) is 0 Å². The zero-order valence-corrected chi connectivity index (χ0v) is 16.1. The molecule has 1 aliphatic heterocycles. The lowest BCUT2D eigenvalue weighted by molar-refractivity contribution is 0.171. The molecule has 6 heteroatoms. The quantitative estimate of drug-likeness (QED) is 0.559. The van der Waals surface area contributed by atoms with Crippen molar-refractivity contribution in [2.45, 2.75) is 6.61 Å². The molecule has 0 spiro atoms. The van der Waals surface area contributed by atoms with Crippen molar-refractivity contribution in [3.63, 3.8) is 0 Å². The van der Waals surface area contributed by atoms with Crippen LogP contribution in [0.2, 0.25) is 0 Å². The number of nitriles is 1. The first kappa shape index (κ1) is 17.0. The average molecular weight is 428 g/mol. The van der Waals surface area contributed by atoms with E-state index in [2.05, 4.69) is 22.0 Å². The van der Waals surface area contributed by atoms with Gasteiger partial charge in [0.25, 0.3) is 0 Å². The molecule has 0 atom stereocenters. The monoisotopic (exact) mass is 427 g/mol. The summed E-state index contributed by atoms with van der Waals surface area (Å²) in [4.78, 5) is 0. The summed E-state index contributed by atoms with van der Waals surface area (Å²) in [5.41, 5.74) is 3.36. The second-order valence-corrected chi connectivity index (χ2v) is 7.46. The Kier molecular flexibility index (Phi) is 4.83. The molecule has 4 rings (SSSR count). The Bertz CT molecular complexity index is 976. The van der Waals surface area contributed by atoms with Gasteiger partial charge in [-0.3, -0.25) is 0 Å². The third-order valence-corrected chi connectivity index (χ3v) is 5.42. The Labute approximate surface area is 163 Å². The van der Waals surface area contributed by atoms with Crippen molar-refractivity contribution < 1.29 is 14.2 Å². The summed E-state index contributed by atoms with van der Waals surface area (Å²) in [5.74, 6) is 1.45. The summed E-state index contributed by atoms with van der Waals surface area (Å²) >= 11 is 4.85. The van der Waals surface area contributed by atoms with Gasteiger partial charge in [0, 0.05) is 15.4 Å². The summed E-state index contributed by atoms with van der Waals surface area (Å²) in [6.07, 6.45) is 0. The highest BCUT2D eigenvalue weighted by atomic mass is 79.9. The van der Waals surface area contributed by atoms with Gasteiger partial charge in [-0.05, 0) is 35.4 Å². The molecule has 0 saturated heterocycles. The van der Waals surface area contributed by atoms with Crippen LogP contribution >= 0.6 is 27.3 Å². The van der Waals surface area contributed by atoms with E-state index in [4.69, 9.17) is 14.2 Å². The van der Waals surface area contributed by atoms with Crippen LogP contribution in [0.15, 0.2) is 52.3 Å². The number of fused-ring (bicyclic) bond motifs is 1. The van der Waals surface area contributed by atoms with Gasteiger partial charge in [-0.25, -0.2) is 0 Å². The first-order valence-electron chi connectivity index (χ1n) is 8.03. The molecule has 3 aromatic rings. The van der Waals surface area contributed by atoms with Crippen molar-refractivity contribution in [3.05, 3.63) is 63.4 Å². The van der Waals surface area contributed by atoms with Crippen molar-refractivity contribution >= 4 is 27.3 Å². The third-order valence-electron chi connectivity index (χ3n) is 4.01. The lowest BCUT2D eigenvalue weighted by atomic mass is 10.0. The van der Waals surface area contributed by atoms with Crippen LogP contribution in [0.5, 0.6) is 16.6 Å². The van der Waals surface area contributed by atoms with Gasteiger partial charge in [0.1, 0.15) is 31.5 Å². The number of hydrogen-bond acceptors (Lipinski definition) is 5. The molecule has 1 aliphatic rings. The van der Waals surface area contributed by atoms with Gasteiger partial charge in [-0.15, -0.1) is 11.3 Å². The highest BCUT2D eigenvalue weighted by Gasteiger charge is 2.18. The Morgan fingerprint density at radius 2 is 1.85 bits per heavy atom. The van der Waals surface area contributed by atoms with E-state index >= 15 is 0 Å². The maximum atomic E-state index is 9.64. The molecule has 0 fully saturated rings. The molecule has 0 bridgehead atoms. The van der Waals surface area contributed by atoms with Crippen molar-refractivity contribution in [2.24, 2.45) is 0 Å². The molecule has 2 aromatic carbocycles. The lowest BCUT2D eigenvalue weighted by Gasteiger charge is -2.18. The van der Waals surface area contributed by atoms with Crippen molar-refractivity contribution in [1.29, 1.82) is 5.26 Å². The molecule has 0 N–H and O–H groups in total. The number of rotatable bonds is 4. The maximum absolute atomic E-state index is 9.64. The highest BCUT2D eigenvalue weighted by Crippen LogP contribution is 2.40. The number of nitrogens with zero attached hydrogens (tertiary/aromatic N) is 1. The van der Waals surface area contributed by atoms with Crippen LogP contribution < -0.4 is 14.2 Å². The number of ether oxygens (including phenoxy) is 3. The Balaban J connectivity index is 1.58. The zero-order valence-electron chi connectivity index (χ0n) is 13.7. The second kappa shape index (κ2) is 7.40. The first-order chi connectivity index (χ1) is 12.7. The fourth-order valence-electron chi connectivity index (χ4n) is 2.71. The summed E-state index contributed by atoms with van der Waals surface area (Å²) in [7, 11) is 0. The lowest BCUT2D eigenvalue weighted by Crippen LogP contribution is -2.15. The zero-order chi connectivity index (χ0) is 17.9. The van der Waals surface area contributed by atoms with E-state index in [1.54, 1.807) is 0 Å². The van der Waals surface area contributed by atoms with Crippen LogP contribution in [0.4, 0.5) is 0 Å². The van der Waals surface area contributed by atoms with Crippen LogP contribution in [-0.4, -0.2) is 13.2 Å². The topological polar surface area (TPSA) is 51.5 Å². The average Bonchev–Trinajstić information content (AvgIpc) is 3.10. The highest BCUT2D eigenvalue weighted by molar-refractivity contribution is 9.10. The van der Waals surface area contributed by atoms with E-state index in [1.807, 2.05) is 47.8 Å². The molecule has 4 nitrogen and oxygen atoms in total. The summed E-state index contributed by atoms with van der Waals surface area (Å²) < 4.78 is 18.1. The number of hydrogen-bond donors (Lipinski definition) is 0. The molecule has 0 saturated carbocycles. The normalized spacial score (nSPS) is 12.5. The van der Waals surface area contributed by atoms with Crippen molar-refractivity contribution in [1.82, 2.24) is 0 Å². The maximum Gasteiger partial charge on any atom is 0.192 e. The van der Waals surface area contributed by atoms with Gasteiger partial charge >= 0.3 is 0 Å². The van der Waals surface area contributed by atoms with E-state index in [0.29, 0.717) is 36.2 Å². The predicted molar refractivity (Wildman–Crippen MR) is 104 cm³/mol. The molecular formula is C20H14BrNO3S. The van der Waals surface area contributed by atoms with Crippen molar-refractivity contribution in [3.8, 4) is 33.8 Å². The molecule has 1 aromatic heterocycles. The molecule has 0 radical (unpaired) electrons. The van der Waals surface area contributed by atoms with Crippen LogP contribution in [0.25, 0.3) is 11.1 Å². The summed E-state index contributed by atoms with van der Waals surface area (Å²) in [6, 6.07) is 15.9. The fraction of sp³-hybridized carbons (Fsp3) is 0.150. The molecule has 26 heavy (non-hydrogen) atoms. The standard InChI is InChI=1S/C20H14BrNO3S/c21-15-4-1-13(2-5-15)11-25-20-16(10-22)17(12-26-20)14-3-6-18-19(9-14)24-8-7-23-18/h1-6,9,12H,7-8,11H2. The van der Waals surface area contributed by atoms with E-state index in [1.165, 1.54) is 11.3 Å². The molecular weight excluding hydrogens is 414 g/mol. The van der Waals surface area contributed by atoms with Crippen LogP contribution in [0.3, 0.4) is 0 Å². The number of thiophene rings is 1. The van der Waals surface area contributed by atoms with Gasteiger partial charge in [0.05, 0.1) is 0 Å². The summed E-state index contributed by atoms with van der Waals surface area (Å²) in [6.45, 7) is 1.51. The second-order valence-electron chi connectivity index (χ2n) is 5.70. The minimum absolute atomic E-state index is 0.420. The third kappa shape index (κ3) is 3.41. The van der Waals surface area contributed by atoms with E-state index in [9.17, 15) is 5.26 Å². The van der Waals surface area contributed by atoms with Crippen LogP contribution in [-0.2, 0) is 6.61 Å². The molecule has 130 valence electrons. The van der Waals surface area contributed by atoms with Gasteiger partial charge in [-0.2, -0.15) is 5.26 Å². The fourth-order valence-corrected chi connectivity index (χ4v) is 3.85. The number of halogens is 1. The van der Waals surface area contributed by atoms with E-state index in [0.717, 1.165) is 26.9 Å². The SMILES string of the molecule is N#Cc1c(-c2ccc3c(c2)OCCO3)csc1OCc1ccc(Br)cc1. The van der Waals surface area contributed by atoms with Gasteiger partial charge in [0.15, 0.2) is 16.6 Å². The molecule has 0 amide bonds. The van der Waals surface area contributed by atoms with E-state index < -0.39 is 0 Å².